The summed E-state index contributed by atoms with van der Waals surface area (Å²) in [4.78, 5) is 4.02. The summed E-state index contributed by atoms with van der Waals surface area (Å²) < 4.78 is 19.2. The van der Waals surface area contributed by atoms with E-state index in [4.69, 9.17) is 16.3 Å². The quantitative estimate of drug-likeness (QED) is 0.712. The molecule has 0 amide bonds. The summed E-state index contributed by atoms with van der Waals surface area (Å²) in [6.07, 6.45) is 1.14. The van der Waals surface area contributed by atoms with Gasteiger partial charge in [0.2, 0.25) is 5.88 Å². The van der Waals surface area contributed by atoms with E-state index in [-0.39, 0.29) is 11.3 Å². The Balaban J connectivity index is 2.46. The smallest absolute Gasteiger partial charge is 0.223 e. The summed E-state index contributed by atoms with van der Waals surface area (Å²) >= 11 is 5.84. The number of pyridine rings is 1. The molecule has 112 valence electrons. The third kappa shape index (κ3) is 3.73. The number of aromatic nitrogens is 1. The molecule has 0 N–H and O–H groups in total. The number of alkyl halides is 1. The first-order valence-corrected chi connectivity index (χ1v) is 7.34. The number of hydrogen-bond acceptors (Lipinski definition) is 2. The molecule has 2 aromatic rings. The number of rotatable bonds is 3. The average Bonchev–Trinajstić information content (AvgIpc) is 2.39. The normalized spacial score (nSPS) is 11.5. The predicted molar refractivity (Wildman–Crippen MR) is 83.7 cm³/mol. The van der Waals surface area contributed by atoms with Crippen LogP contribution in [0, 0.1) is 12.7 Å². The first kappa shape index (κ1) is 15.8. The van der Waals surface area contributed by atoms with E-state index in [0.29, 0.717) is 11.4 Å². The fraction of sp³-hybridized carbons (Fsp3) is 0.353. The second-order valence-electron chi connectivity index (χ2n) is 6.10. The summed E-state index contributed by atoms with van der Waals surface area (Å²) in [6, 6.07) is 7.41. The topological polar surface area (TPSA) is 22.1 Å². The number of hydrogen-bond donors (Lipinski definition) is 0. The zero-order valence-electron chi connectivity index (χ0n) is 12.7. The standard InChI is InChI=1S/C17H19ClFNO/c1-11-5-6-14(17(2,3)4)15(7-11)21-16-12(9-18)8-13(19)10-20-16/h5-8,10H,9H2,1-4H3. The van der Waals surface area contributed by atoms with Gasteiger partial charge in [-0.05, 0) is 30.0 Å². The van der Waals surface area contributed by atoms with Crippen molar-refractivity contribution in [3.05, 3.63) is 53.0 Å². The van der Waals surface area contributed by atoms with E-state index in [1.165, 1.54) is 6.07 Å². The minimum atomic E-state index is -0.418. The van der Waals surface area contributed by atoms with Crippen molar-refractivity contribution < 1.29 is 9.13 Å². The van der Waals surface area contributed by atoms with Crippen molar-refractivity contribution in [2.45, 2.75) is 39.0 Å². The van der Waals surface area contributed by atoms with Crippen molar-refractivity contribution in [1.82, 2.24) is 4.98 Å². The van der Waals surface area contributed by atoms with Crippen LogP contribution in [0.2, 0.25) is 0 Å². The van der Waals surface area contributed by atoms with Crippen LogP contribution in [0.15, 0.2) is 30.5 Å². The summed E-state index contributed by atoms with van der Waals surface area (Å²) in [6.45, 7) is 8.35. The Kier molecular flexibility index (Phi) is 4.52. The van der Waals surface area contributed by atoms with Gasteiger partial charge in [0.05, 0.1) is 12.1 Å². The first-order chi connectivity index (χ1) is 9.81. The van der Waals surface area contributed by atoms with Gasteiger partial charge >= 0.3 is 0 Å². The fourth-order valence-corrected chi connectivity index (χ4v) is 2.29. The second kappa shape index (κ2) is 6.02. The van der Waals surface area contributed by atoms with Crippen molar-refractivity contribution in [1.29, 1.82) is 0 Å². The molecule has 0 unspecified atom stereocenters. The second-order valence-corrected chi connectivity index (χ2v) is 6.37. The first-order valence-electron chi connectivity index (χ1n) is 6.80. The molecule has 0 radical (unpaired) electrons. The summed E-state index contributed by atoms with van der Waals surface area (Å²) in [5.74, 6) is 0.810. The molecule has 0 aliphatic carbocycles. The van der Waals surface area contributed by atoms with Crippen LogP contribution in [-0.4, -0.2) is 4.98 Å². The lowest BCUT2D eigenvalue weighted by molar-refractivity contribution is 0.433. The predicted octanol–water partition coefficient (Wildman–Crippen LogP) is 5.36. The van der Waals surface area contributed by atoms with E-state index in [2.05, 4.69) is 31.8 Å². The molecule has 0 aliphatic heterocycles. The maximum atomic E-state index is 13.2. The number of benzene rings is 1. The summed E-state index contributed by atoms with van der Waals surface area (Å²) in [5.41, 5.74) is 2.63. The van der Waals surface area contributed by atoms with Crippen molar-refractivity contribution in [2.24, 2.45) is 0 Å². The largest absolute Gasteiger partial charge is 0.438 e. The van der Waals surface area contributed by atoms with Gasteiger partial charge in [0.1, 0.15) is 11.6 Å². The van der Waals surface area contributed by atoms with E-state index >= 15 is 0 Å². The Bertz CT molecular complexity index is 650. The van der Waals surface area contributed by atoms with Gasteiger partial charge in [0, 0.05) is 11.1 Å². The molecule has 0 saturated carbocycles. The highest BCUT2D eigenvalue weighted by atomic mass is 35.5. The van der Waals surface area contributed by atoms with E-state index in [0.717, 1.165) is 23.1 Å². The number of halogens is 2. The van der Waals surface area contributed by atoms with E-state index in [1.54, 1.807) is 0 Å². The Morgan fingerprint density at radius 3 is 2.57 bits per heavy atom. The van der Waals surface area contributed by atoms with Crippen molar-refractivity contribution in [3.8, 4) is 11.6 Å². The van der Waals surface area contributed by atoms with Crippen LogP contribution < -0.4 is 4.74 Å². The molecule has 1 aromatic carbocycles. The Morgan fingerprint density at radius 1 is 1.24 bits per heavy atom. The molecule has 0 aliphatic rings. The van der Waals surface area contributed by atoms with Crippen LogP contribution in [0.5, 0.6) is 11.6 Å². The van der Waals surface area contributed by atoms with Gasteiger partial charge < -0.3 is 4.74 Å². The molecule has 4 heteroatoms. The molecule has 21 heavy (non-hydrogen) atoms. The van der Waals surface area contributed by atoms with Gasteiger partial charge in [-0.1, -0.05) is 32.9 Å². The molecule has 1 aromatic heterocycles. The van der Waals surface area contributed by atoms with E-state index in [9.17, 15) is 4.39 Å². The molecule has 2 nitrogen and oxygen atoms in total. The lowest BCUT2D eigenvalue weighted by Gasteiger charge is -2.23. The lowest BCUT2D eigenvalue weighted by Crippen LogP contribution is -2.13. The van der Waals surface area contributed by atoms with E-state index < -0.39 is 5.82 Å². The van der Waals surface area contributed by atoms with Crippen molar-refractivity contribution in [2.75, 3.05) is 0 Å². The third-order valence-corrected chi connectivity index (χ3v) is 3.48. The van der Waals surface area contributed by atoms with Gasteiger partial charge in [-0.2, -0.15) is 0 Å². The molecular formula is C17H19ClFNO. The zero-order valence-corrected chi connectivity index (χ0v) is 13.5. The highest BCUT2D eigenvalue weighted by Crippen LogP contribution is 2.35. The van der Waals surface area contributed by atoms with Gasteiger partial charge in [-0.25, -0.2) is 9.37 Å². The highest BCUT2D eigenvalue weighted by molar-refractivity contribution is 6.17. The molecular weight excluding hydrogens is 289 g/mol. The molecule has 2 rings (SSSR count). The number of aryl methyl sites for hydroxylation is 1. The number of ether oxygens (including phenoxy) is 1. The monoisotopic (exact) mass is 307 g/mol. The minimum absolute atomic E-state index is 0.0653. The maximum absolute atomic E-state index is 13.2. The number of nitrogens with zero attached hydrogens (tertiary/aromatic N) is 1. The fourth-order valence-electron chi connectivity index (χ4n) is 2.09. The van der Waals surface area contributed by atoms with Gasteiger partial charge in [0.25, 0.3) is 0 Å². The highest BCUT2D eigenvalue weighted by Gasteiger charge is 2.20. The van der Waals surface area contributed by atoms with Crippen LogP contribution >= 0.6 is 11.6 Å². The van der Waals surface area contributed by atoms with Crippen molar-refractivity contribution >= 4 is 11.6 Å². The Hall–Kier alpha value is -1.61. The van der Waals surface area contributed by atoms with Gasteiger partial charge in [-0.3, -0.25) is 0 Å². The SMILES string of the molecule is Cc1ccc(C(C)(C)C)c(Oc2ncc(F)cc2CCl)c1. The molecule has 0 atom stereocenters. The average molecular weight is 308 g/mol. The minimum Gasteiger partial charge on any atom is -0.438 e. The molecule has 0 saturated heterocycles. The van der Waals surface area contributed by atoms with Crippen LogP contribution in [0.3, 0.4) is 0 Å². The third-order valence-electron chi connectivity index (χ3n) is 3.19. The van der Waals surface area contributed by atoms with Crippen LogP contribution in [-0.2, 0) is 11.3 Å². The van der Waals surface area contributed by atoms with Crippen LogP contribution in [0.25, 0.3) is 0 Å². The summed E-state index contributed by atoms with van der Waals surface area (Å²) in [5, 5.41) is 0. The Morgan fingerprint density at radius 2 is 1.95 bits per heavy atom. The van der Waals surface area contributed by atoms with Gasteiger partial charge in [-0.15, -0.1) is 11.6 Å². The van der Waals surface area contributed by atoms with E-state index in [1.807, 2.05) is 19.1 Å². The zero-order chi connectivity index (χ0) is 15.6. The lowest BCUT2D eigenvalue weighted by atomic mass is 9.86. The van der Waals surface area contributed by atoms with Crippen molar-refractivity contribution in [3.63, 3.8) is 0 Å². The van der Waals surface area contributed by atoms with Crippen LogP contribution in [0.1, 0.15) is 37.5 Å². The Labute approximate surface area is 129 Å². The molecule has 1 heterocycles. The molecule has 0 fully saturated rings. The van der Waals surface area contributed by atoms with Gasteiger partial charge in [0.15, 0.2) is 0 Å². The summed E-state index contributed by atoms with van der Waals surface area (Å²) in [7, 11) is 0. The van der Waals surface area contributed by atoms with Crippen LogP contribution in [0.4, 0.5) is 4.39 Å². The maximum Gasteiger partial charge on any atom is 0.223 e. The molecule has 0 spiro atoms. The molecule has 0 bridgehead atoms.